The Kier molecular flexibility index (Phi) is 4.00. The summed E-state index contributed by atoms with van der Waals surface area (Å²) in [5.74, 6) is -1.15. The molecule has 6 heteroatoms. The van der Waals surface area contributed by atoms with Crippen LogP contribution in [0.3, 0.4) is 0 Å². The van der Waals surface area contributed by atoms with E-state index in [1.54, 1.807) is 31.2 Å². The summed E-state index contributed by atoms with van der Waals surface area (Å²) in [6.07, 6.45) is 0. The maximum absolute atomic E-state index is 12.2. The fraction of sp³-hybridized carbons (Fsp3) is 0.235. The van der Waals surface area contributed by atoms with Crippen molar-refractivity contribution in [3.63, 3.8) is 0 Å². The van der Waals surface area contributed by atoms with Crippen LogP contribution in [0.25, 0.3) is 0 Å². The van der Waals surface area contributed by atoms with Crippen LogP contribution in [0.2, 0.25) is 0 Å². The second-order valence-electron chi connectivity index (χ2n) is 5.42. The second kappa shape index (κ2) is 5.96. The first kappa shape index (κ1) is 15.4. The van der Waals surface area contributed by atoms with Gasteiger partial charge in [0.2, 0.25) is 5.91 Å². The summed E-state index contributed by atoms with van der Waals surface area (Å²) in [5, 5.41) is 2.75. The average Bonchev–Trinajstić information content (AvgIpc) is 3.09. The van der Waals surface area contributed by atoms with E-state index in [0.717, 1.165) is 16.1 Å². The number of rotatable bonds is 4. The lowest BCUT2D eigenvalue weighted by Crippen LogP contribution is -2.13. The van der Waals surface area contributed by atoms with E-state index >= 15 is 0 Å². The molecular weight excluding hydrogens is 314 g/mol. The minimum atomic E-state index is -0.497. The third kappa shape index (κ3) is 3.03. The molecule has 1 amide bonds. The number of carbonyl (C=O) groups excluding carboxylic acids is 3. The molecule has 3 rings (SSSR count). The van der Waals surface area contributed by atoms with Gasteiger partial charge in [-0.05, 0) is 49.7 Å². The van der Waals surface area contributed by atoms with Crippen molar-refractivity contribution in [2.24, 2.45) is 0 Å². The molecule has 0 bridgehead atoms. The maximum atomic E-state index is 12.2. The molecule has 0 fully saturated rings. The number of ketones is 1. The number of benzene rings is 1. The first-order valence-electron chi connectivity index (χ1n) is 7.17. The van der Waals surface area contributed by atoms with Gasteiger partial charge in [0, 0.05) is 16.1 Å². The number of carbonyl (C=O) groups is 3. The fourth-order valence-electron chi connectivity index (χ4n) is 2.42. The van der Waals surface area contributed by atoms with Crippen LogP contribution in [0.1, 0.15) is 43.3 Å². The summed E-state index contributed by atoms with van der Waals surface area (Å²) in [7, 11) is 0. The van der Waals surface area contributed by atoms with Crippen molar-refractivity contribution in [2.45, 2.75) is 19.8 Å². The van der Waals surface area contributed by atoms with Crippen LogP contribution in [0.5, 0.6) is 0 Å². The Labute approximate surface area is 137 Å². The number of ether oxygens (including phenoxy) is 1. The van der Waals surface area contributed by atoms with E-state index in [2.05, 4.69) is 5.32 Å². The Balaban J connectivity index is 1.67. The molecule has 2 heterocycles. The standard InChI is InChI=1S/C17H15NO4S/c1-9-3-6-15(23-9)17(21)22-8-14(19)11-4-5-13-12(7-11)10(2)16(20)18-13/h3-7,10H,8H2,1-2H3,(H,18,20)/t10-/m1/s1. The van der Waals surface area contributed by atoms with Crippen molar-refractivity contribution >= 4 is 34.7 Å². The van der Waals surface area contributed by atoms with Gasteiger partial charge in [-0.2, -0.15) is 0 Å². The highest BCUT2D eigenvalue weighted by Crippen LogP contribution is 2.32. The van der Waals surface area contributed by atoms with Gasteiger partial charge in [-0.25, -0.2) is 4.79 Å². The van der Waals surface area contributed by atoms with Crippen molar-refractivity contribution < 1.29 is 19.1 Å². The molecule has 0 spiro atoms. The molecule has 0 saturated carbocycles. The lowest BCUT2D eigenvalue weighted by Gasteiger charge is -2.06. The number of hydrogen-bond donors (Lipinski definition) is 1. The van der Waals surface area contributed by atoms with Crippen LogP contribution in [0.4, 0.5) is 5.69 Å². The third-order valence-electron chi connectivity index (χ3n) is 3.77. The molecule has 1 aliphatic heterocycles. The molecule has 0 unspecified atom stereocenters. The Bertz CT molecular complexity index is 809. The van der Waals surface area contributed by atoms with E-state index in [1.807, 2.05) is 13.0 Å². The Morgan fingerprint density at radius 1 is 1.26 bits per heavy atom. The highest BCUT2D eigenvalue weighted by molar-refractivity contribution is 7.13. The number of hydrogen-bond acceptors (Lipinski definition) is 5. The molecule has 2 aromatic rings. The number of fused-ring (bicyclic) bond motifs is 1. The van der Waals surface area contributed by atoms with E-state index < -0.39 is 5.97 Å². The summed E-state index contributed by atoms with van der Waals surface area (Å²) < 4.78 is 5.06. The number of nitrogens with one attached hydrogen (secondary N) is 1. The third-order valence-corrected chi connectivity index (χ3v) is 4.75. The van der Waals surface area contributed by atoms with E-state index in [-0.39, 0.29) is 24.2 Å². The maximum Gasteiger partial charge on any atom is 0.348 e. The number of anilines is 1. The van der Waals surface area contributed by atoms with E-state index in [9.17, 15) is 14.4 Å². The number of thiophene rings is 1. The second-order valence-corrected chi connectivity index (χ2v) is 6.71. The van der Waals surface area contributed by atoms with Gasteiger partial charge in [-0.15, -0.1) is 11.3 Å². The van der Waals surface area contributed by atoms with Crippen molar-refractivity contribution in [3.05, 3.63) is 51.2 Å². The largest absolute Gasteiger partial charge is 0.453 e. The lowest BCUT2D eigenvalue weighted by atomic mass is 9.99. The zero-order chi connectivity index (χ0) is 16.6. The van der Waals surface area contributed by atoms with Gasteiger partial charge in [0.15, 0.2) is 12.4 Å². The molecule has 1 atom stereocenters. The van der Waals surface area contributed by atoms with Crippen molar-refractivity contribution in [2.75, 3.05) is 11.9 Å². The molecule has 1 aliphatic rings. The quantitative estimate of drug-likeness (QED) is 0.691. The van der Waals surface area contributed by atoms with Crippen molar-refractivity contribution in [1.82, 2.24) is 0 Å². The van der Waals surface area contributed by atoms with Crippen LogP contribution in [-0.4, -0.2) is 24.3 Å². The van der Waals surface area contributed by atoms with Crippen LogP contribution in [0.15, 0.2) is 30.3 Å². The van der Waals surface area contributed by atoms with E-state index in [1.165, 1.54) is 11.3 Å². The predicted molar refractivity (Wildman–Crippen MR) is 87.2 cm³/mol. The topological polar surface area (TPSA) is 72.5 Å². The van der Waals surface area contributed by atoms with Crippen LogP contribution < -0.4 is 5.32 Å². The lowest BCUT2D eigenvalue weighted by molar-refractivity contribution is -0.116. The molecular formula is C17H15NO4S. The minimum Gasteiger partial charge on any atom is -0.453 e. The molecule has 1 aromatic heterocycles. The average molecular weight is 329 g/mol. The molecule has 118 valence electrons. The van der Waals surface area contributed by atoms with E-state index in [0.29, 0.717) is 10.4 Å². The molecule has 0 aliphatic carbocycles. The first-order valence-corrected chi connectivity index (χ1v) is 7.99. The van der Waals surface area contributed by atoms with Gasteiger partial charge < -0.3 is 10.1 Å². The Hall–Kier alpha value is -2.47. The number of esters is 1. The highest BCUT2D eigenvalue weighted by Gasteiger charge is 2.27. The molecule has 0 saturated heterocycles. The van der Waals surface area contributed by atoms with Gasteiger partial charge in [-0.3, -0.25) is 9.59 Å². The van der Waals surface area contributed by atoms with Gasteiger partial charge in [0.05, 0.1) is 5.92 Å². The van der Waals surface area contributed by atoms with Crippen LogP contribution in [-0.2, 0) is 9.53 Å². The first-order chi connectivity index (χ1) is 11.0. The zero-order valence-corrected chi connectivity index (χ0v) is 13.5. The number of aryl methyl sites for hydroxylation is 1. The Morgan fingerprint density at radius 2 is 2.04 bits per heavy atom. The van der Waals surface area contributed by atoms with Gasteiger partial charge in [0.25, 0.3) is 0 Å². The van der Waals surface area contributed by atoms with Gasteiger partial charge in [0.1, 0.15) is 4.88 Å². The summed E-state index contributed by atoms with van der Waals surface area (Å²) in [5.41, 5.74) is 1.95. The highest BCUT2D eigenvalue weighted by atomic mass is 32.1. The zero-order valence-electron chi connectivity index (χ0n) is 12.7. The molecule has 0 radical (unpaired) electrons. The normalized spacial score (nSPS) is 15.9. The van der Waals surface area contributed by atoms with Crippen molar-refractivity contribution in [1.29, 1.82) is 0 Å². The molecule has 23 heavy (non-hydrogen) atoms. The molecule has 1 N–H and O–H groups in total. The summed E-state index contributed by atoms with van der Waals surface area (Å²) in [4.78, 5) is 37.2. The van der Waals surface area contributed by atoms with Crippen LogP contribution in [0, 0.1) is 6.92 Å². The Morgan fingerprint density at radius 3 is 2.74 bits per heavy atom. The summed E-state index contributed by atoms with van der Waals surface area (Å²) in [6.45, 7) is 3.37. The summed E-state index contributed by atoms with van der Waals surface area (Å²) >= 11 is 1.33. The fourth-order valence-corrected chi connectivity index (χ4v) is 3.18. The van der Waals surface area contributed by atoms with Gasteiger partial charge in [-0.1, -0.05) is 0 Å². The van der Waals surface area contributed by atoms with Crippen LogP contribution >= 0.6 is 11.3 Å². The number of Topliss-reactive ketones (excluding diaryl/α,β-unsaturated/α-hetero) is 1. The monoisotopic (exact) mass is 329 g/mol. The minimum absolute atomic E-state index is 0.0795. The predicted octanol–water partition coefficient (Wildman–Crippen LogP) is 3.15. The smallest absolute Gasteiger partial charge is 0.348 e. The molecule has 5 nitrogen and oxygen atoms in total. The molecule has 1 aromatic carbocycles. The summed E-state index contributed by atoms with van der Waals surface area (Å²) in [6, 6.07) is 8.52. The van der Waals surface area contributed by atoms with E-state index in [4.69, 9.17) is 4.74 Å². The SMILES string of the molecule is Cc1ccc(C(=O)OCC(=O)c2ccc3c(c2)[C@@H](C)C(=O)N3)s1. The van der Waals surface area contributed by atoms with Gasteiger partial charge >= 0.3 is 5.97 Å². The number of amides is 1. The van der Waals surface area contributed by atoms with Crippen molar-refractivity contribution in [3.8, 4) is 0 Å².